The van der Waals surface area contributed by atoms with Crippen LogP contribution in [-0.4, -0.2) is 42.9 Å². The third-order valence-corrected chi connectivity index (χ3v) is 7.93. The van der Waals surface area contributed by atoms with E-state index in [0.29, 0.717) is 38.6 Å². The number of halogens is 2. The highest BCUT2D eigenvalue weighted by Gasteiger charge is 2.31. The molecule has 1 aromatic heterocycles. The Morgan fingerprint density at radius 3 is 2.63 bits per heavy atom. The van der Waals surface area contributed by atoms with E-state index in [0.717, 1.165) is 48.0 Å². The standard InChI is InChI=1S/C25H22Cl2N6OS/c1-15-23-18(25(34)33(14-35-23)22-19(26)3-2-4-20(22)27)13-30-24(15)31-17-5-6-21(16(11-17)12-28)32-9-7-29-8-10-32/h2-6,11,13,29H,7-10,14H2,1H3,(H,30,31). The van der Waals surface area contributed by atoms with Crippen LogP contribution in [-0.2, 0) is 0 Å². The number of pyridine rings is 1. The van der Waals surface area contributed by atoms with Gasteiger partial charge in [-0.05, 0) is 37.3 Å². The summed E-state index contributed by atoms with van der Waals surface area (Å²) in [4.78, 5) is 22.5. The molecule has 0 spiro atoms. The normalized spacial score (nSPS) is 15.5. The fourth-order valence-electron chi connectivity index (χ4n) is 4.33. The van der Waals surface area contributed by atoms with Crippen LogP contribution in [0.4, 0.5) is 22.9 Å². The topological polar surface area (TPSA) is 84.3 Å². The second-order valence-corrected chi connectivity index (χ2v) is 10.0. The van der Waals surface area contributed by atoms with Crippen molar-refractivity contribution in [3.05, 3.63) is 69.3 Å². The fourth-order valence-corrected chi connectivity index (χ4v) is 6.04. The molecule has 0 radical (unpaired) electrons. The predicted octanol–water partition coefficient (Wildman–Crippen LogP) is 5.43. The van der Waals surface area contributed by atoms with Gasteiger partial charge in [0.2, 0.25) is 0 Å². The predicted molar refractivity (Wildman–Crippen MR) is 142 cm³/mol. The molecule has 1 saturated heterocycles. The number of para-hydroxylation sites is 1. The highest BCUT2D eigenvalue weighted by atomic mass is 35.5. The zero-order chi connectivity index (χ0) is 24.5. The van der Waals surface area contributed by atoms with Crippen molar-refractivity contribution in [2.24, 2.45) is 0 Å². The number of carbonyl (C=O) groups is 1. The summed E-state index contributed by atoms with van der Waals surface area (Å²) in [6.07, 6.45) is 1.58. The SMILES string of the molecule is Cc1c(Nc2ccc(N3CCNCC3)c(C#N)c2)ncc2c1SCN(c1c(Cl)cccc1Cl)C2=O. The first-order chi connectivity index (χ1) is 17.0. The third-order valence-electron chi connectivity index (χ3n) is 6.12. The van der Waals surface area contributed by atoms with Gasteiger partial charge in [-0.1, -0.05) is 29.3 Å². The third kappa shape index (κ3) is 4.53. The van der Waals surface area contributed by atoms with Gasteiger partial charge in [-0.2, -0.15) is 5.26 Å². The molecule has 1 fully saturated rings. The second-order valence-electron chi connectivity index (χ2n) is 8.26. The van der Waals surface area contributed by atoms with Crippen molar-refractivity contribution in [3.63, 3.8) is 0 Å². The van der Waals surface area contributed by atoms with Crippen LogP contribution in [0.1, 0.15) is 21.5 Å². The molecule has 1 amide bonds. The fraction of sp³-hybridized carbons (Fsp3) is 0.240. The van der Waals surface area contributed by atoms with E-state index in [4.69, 9.17) is 23.2 Å². The Morgan fingerprint density at radius 1 is 1.17 bits per heavy atom. The molecule has 5 rings (SSSR count). The smallest absolute Gasteiger partial charge is 0.261 e. The summed E-state index contributed by atoms with van der Waals surface area (Å²) >= 11 is 14.2. The Labute approximate surface area is 218 Å². The molecule has 3 heterocycles. The first kappa shape index (κ1) is 23.8. The van der Waals surface area contributed by atoms with Gasteiger partial charge in [0.05, 0.1) is 38.4 Å². The van der Waals surface area contributed by atoms with Crippen LogP contribution in [0.5, 0.6) is 0 Å². The summed E-state index contributed by atoms with van der Waals surface area (Å²) in [5, 5.41) is 17.3. The van der Waals surface area contributed by atoms with E-state index in [2.05, 4.69) is 26.6 Å². The maximum atomic E-state index is 13.3. The maximum Gasteiger partial charge on any atom is 0.261 e. The van der Waals surface area contributed by atoms with Crippen molar-refractivity contribution in [2.45, 2.75) is 11.8 Å². The van der Waals surface area contributed by atoms with E-state index in [1.165, 1.54) is 11.8 Å². The minimum absolute atomic E-state index is 0.192. The lowest BCUT2D eigenvalue weighted by Gasteiger charge is -2.31. The lowest BCUT2D eigenvalue weighted by molar-refractivity contribution is 0.0986. The molecule has 10 heteroatoms. The number of nitrogens with one attached hydrogen (secondary N) is 2. The molecule has 2 aliphatic rings. The number of fused-ring (bicyclic) bond motifs is 1. The minimum atomic E-state index is -0.192. The number of thioether (sulfide) groups is 1. The molecular weight excluding hydrogens is 503 g/mol. The van der Waals surface area contributed by atoms with Gasteiger partial charge >= 0.3 is 0 Å². The van der Waals surface area contributed by atoms with Gasteiger partial charge in [-0.15, -0.1) is 11.8 Å². The molecule has 7 nitrogen and oxygen atoms in total. The average Bonchev–Trinajstić information content (AvgIpc) is 2.87. The average molecular weight is 525 g/mol. The Hall–Kier alpha value is -2.96. The largest absolute Gasteiger partial charge is 0.368 e. The van der Waals surface area contributed by atoms with Crippen LogP contribution in [0.3, 0.4) is 0 Å². The van der Waals surface area contributed by atoms with Gasteiger partial charge in [-0.3, -0.25) is 9.69 Å². The summed E-state index contributed by atoms with van der Waals surface area (Å²) in [5.41, 5.74) is 4.21. The molecular formula is C25H22Cl2N6OS. The quantitative estimate of drug-likeness (QED) is 0.470. The molecule has 35 heavy (non-hydrogen) atoms. The second kappa shape index (κ2) is 9.96. The van der Waals surface area contributed by atoms with Crippen LogP contribution in [0.25, 0.3) is 0 Å². The van der Waals surface area contributed by atoms with E-state index >= 15 is 0 Å². The van der Waals surface area contributed by atoms with Crippen molar-refractivity contribution < 1.29 is 4.79 Å². The van der Waals surface area contributed by atoms with E-state index in [1.807, 2.05) is 25.1 Å². The van der Waals surface area contributed by atoms with Crippen LogP contribution < -0.4 is 20.4 Å². The molecule has 0 atom stereocenters. The first-order valence-corrected chi connectivity index (χ1v) is 12.9. The van der Waals surface area contributed by atoms with Crippen molar-refractivity contribution in [3.8, 4) is 6.07 Å². The summed E-state index contributed by atoms with van der Waals surface area (Å²) in [7, 11) is 0. The number of nitrogens with zero attached hydrogens (tertiary/aromatic N) is 4. The number of amides is 1. The highest BCUT2D eigenvalue weighted by molar-refractivity contribution is 7.99. The van der Waals surface area contributed by atoms with Crippen molar-refractivity contribution in [1.29, 1.82) is 5.26 Å². The zero-order valence-corrected chi connectivity index (χ0v) is 21.3. The van der Waals surface area contributed by atoms with Crippen molar-refractivity contribution in [2.75, 3.05) is 47.2 Å². The number of aromatic nitrogens is 1. The molecule has 0 unspecified atom stereocenters. The van der Waals surface area contributed by atoms with Crippen LogP contribution in [0.15, 0.2) is 47.5 Å². The Kier molecular flexibility index (Phi) is 6.76. The maximum absolute atomic E-state index is 13.3. The lowest BCUT2D eigenvalue weighted by Crippen LogP contribution is -2.43. The number of benzene rings is 2. The van der Waals surface area contributed by atoms with E-state index in [1.54, 1.807) is 29.3 Å². The molecule has 0 aliphatic carbocycles. The lowest BCUT2D eigenvalue weighted by atomic mass is 10.1. The van der Waals surface area contributed by atoms with Gasteiger partial charge in [0, 0.05) is 48.5 Å². The Bertz CT molecular complexity index is 1330. The number of carbonyl (C=O) groups excluding carboxylic acids is 1. The number of hydrogen-bond acceptors (Lipinski definition) is 7. The van der Waals surface area contributed by atoms with Crippen molar-refractivity contribution >= 4 is 63.8 Å². The van der Waals surface area contributed by atoms with E-state index in [9.17, 15) is 10.1 Å². The molecule has 2 aromatic carbocycles. The molecule has 2 N–H and O–H groups in total. The Morgan fingerprint density at radius 2 is 1.91 bits per heavy atom. The van der Waals surface area contributed by atoms with Gasteiger partial charge in [0.1, 0.15) is 11.9 Å². The van der Waals surface area contributed by atoms with Gasteiger partial charge in [0.15, 0.2) is 0 Å². The van der Waals surface area contributed by atoms with Gasteiger partial charge < -0.3 is 15.5 Å². The molecule has 3 aromatic rings. The molecule has 178 valence electrons. The number of nitriles is 1. The summed E-state index contributed by atoms with van der Waals surface area (Å²) in [6, 6.07) is 13.3. The molecule has 0 saturated carbocycles. The molecule has 0 bridgehead atoms. The number of hydrogen-bond donors (Lipinski definition) is 2. The first-order valence-electron chi connectivity index (χ1n) is 11.1. The number of piperazine rings is 1. The van der Waals surface area contributed by atoms with E-state index < -0.39 is 0 Å². The highest BCUT2D eigenvalue weighted by Crippen LogP contribution is 2.42. The van der Waals surface area contributed by atoms with Crippen LogP contribution >= 0.6 is 35.0 Å². The zero-order valence-electron chi connectivity index (χ0n) is 18.9. The van der Waals surface area contributed by atoms with Crippen LogP contribution in [0.2, 0.25) is 10.0 Å². The van der Waals surface area contributed by atoms with Gasteiger partial charge in [-0.25, -0.2) is 4.98 Å². The number of rotatable bonds is 4. The van der Waals surface area contributed by atoms with Gasteiger partial charge in [0.25, 0.3) is 5.91 Å². The Balaban J connectivity index is 1.41. The monoisotopic (exact) mass is 524 g/mol. The summed E-state index contributed by atoms with van der Waals surface area (Å²) < 4.78 is 0. The number of anilines is 4. The molecule has 2 aliphatic heterocycles. The summed E-state index contributed by atoms with van der Waals surface area (Å²) in [6.45, 7) is 5.48. The van der Waals surface area contributed by atoms with E-state index in [-0.39, 0.29) is 5.91 Å². The van der Waals surface area contributed by atoms with Crippen molar-refractivity contribution in [1.82, 2.24) is 10.3 Å². The summed E-state index contributed by atoms with van der Waals surface area (Å²) in [5.74, 6) is 0.840. The van der Waals surface area contributed by atoms with Crippen LogP contribution in [0, 0.1) is 18.3 Å². The minimum Gasteiger partial charge on any atom is -0.368 e.